The molecule has 1 amide bonds. The quantitative estimate of drug-likeness (QED) is 0.503. The molecule has 3 aromatic rings. The van der Waals surface area contributed by atoms with Gasteiger partial charge in [0.05, 0.1) is 13.0 Å². The molecular weight excluding hydrogens is 467 g/mol. The Hall–Kier alpha value is -4.21. The third-order valence-electron chi connectivity index (χ3n) is 5.17. The Bertz CT molecular complexity index is 1240. The van der Waals surface area contributed by atoms with Crippen molar-refractivity contribution in [3.05, 3.63) is 83.4 Å². The van der Waals surface area contributed by atoms with E-state index in [4.69, 9.17) is 14.6 Å². The predicted molar refractivity (Wildman–Crippen MR) is 118 cm³/mol. The van der Waals surface area contributed by atoms with Crippen molar-refractivity contribution in [1.29, 1.82) is 0 Å². The van der Waals surface area contributed by atoms with E-state index in [0.717, 1.165) is 28.8 Å². The summed E-state index contributed by atoms with van der Waals surface area (Å²) < 4.78 is 52.0. The fourth-order valence-electron chi connectivity index (χ4n) is 3.64. The minimum Gasteiger partial charge on any atom is -0.481 e. The molecular formula is C25H20F3NO6. The van der Waals surface area contributed by atoms with Gasteiger partial charge in [-0.3, -0.25) is 9.69 Å². The lowest BCUT2D eigenvalue weighted by Gasteiger charge is -2.28. The van der Waals surface area contributed by atoms with Crippen LogP contribution >= 0.6 is 0 Å². The highest BCUT2D eigenvalue weighted by atomic mass is 19.4. The number of carboxylic acid groups (broad SMARTS) is 1. The first-order valence-corrected chi connectivity index (χ1v) is 10.5. The molecule has 1 aliphatic rings. The summed E-state index contributed by atoms with van der Waals surface area (Å²) in [7, 11) is 0. The van der Waals surface area contributed by atoms with Crippen LogP contribution in [0.15, 0.2) is 66.7 Å². The van der Waals surface area contributed by atoms with Crippen molar-refractivity contribution in [2.45, 2.75) is 25.9 Å². The number of hydrogen-bond donors (Lipinski definition) is 1. The second kappa shape index (κ2) is 9.96. The Kier molecular flexibility index (Phi) is 6.81. The maximum absolute atomic E-state index is 12.6. The number of benzene rings is 3. The van der Waals surface area contributed by atoms with Crippen molar-refractivity contribution < 1.29 is 42.1 Å². The van der Waals surface area contributed by atoms with E-state index >= 15 is 0 Å². The standard InChI is InChI=1S/C25H20F3NO6/c26-25(27,28)35-21-6-2-4-17(10-21)14-33-24(32)29-13-20-12-19(7-8-22(20)34-15-29)18-5-1-3-16(9-18)11-23(30)31/h1-10,12H,11,13-15H2,(H,30,31). The van der Waals surface area contributed by atoms with E-state index in [1.54, 1.807) is 24.3 Å². The summed E-state index contributed by atoms with van der Waals surface area (Å²) in [6, 6.07) is 17.8. The van der Waals surface area contributed by atoms with Gasteiger partial charge in [0.2, 0.25) is 0 Å². The lowest BCUT2D eigenvalue weighted by Crippen LogP contribution is -2.37. The van der Waals surface area contributed by atoms with E-state index in [0.29, 0.717) is 16.9 Å². The lowest BCUT2D eigenvalue weighted by molar-refractivity contribution is -0.274. The van der Waals surface area contributed by atoms with Crippen LogP contribution in [-0.2, 0) is 29.1 Å². The minimum atomic E-state index is -4.82. The highest BCUT2D eigenvalue weighted by Gasteiger charge is 2.31. The van der Waals surface area contributed by atoms with Gasteiger partial charge in [-0.05, 0) is 46.5 Å². The lowest BCUT2D eigenvalue weighted by atomic mass is 9.99. The summed E-state index contributed by atoms with van der Waals surface area (Å²) in [5.41, 5.74) is 3.39. The zero-order chi connectivity index (χ0) is 25.0. The number of aliphatic carboxylic acids is 1. The van der Waals surface area contributed by atoms with E-state index in [-0.39, 0.29) is 26.3 Å². The highest BCUT2D eigenvalue weighted by Crippen LogP contribution is 2.31. The van der Waals surface area contributed by atoms with Crippen LogP contribution in [0.1, 0.15) is 16.7 Å². The zero-order valence-corrected chi connectivity index (χ0v) is 18.2. The van der Waals surface area contributed by atoms with Crippen LogP contribution < -0.4 is 9.47 Å². The molecule has 0 bridgehead atoms. The third kappa shape index (κ3) is 6.44. The average Bonchev–Trinajstić information content (AvgIpc) is 2.81. The number of carbonyl (C=O) groups excluding carboxylic acids is 1. The van der Waals surface area contributed by atoms with Crippen molar-refractivity contribution >= 4 is 12.1 Å². The van der Waals surface area contributed by atoms with E-state index < -0.39 is 24.2 Å². The van der Waals surface area contributed by atoms with E-state index in [9.17, 15) is 22.8 Å². The number of hydrogen-bond acceptors (Lipinski definition) is 5. The van der Waals surface area contributed by atoms with Crippen LogP contribution in [0.25, 0.3) is 11.1 Å². The molecule has 4 rings (SSSR count). The number of ether oxygens (including phenoxy) is 3. The Morgan fingerprint density at radius 2 is 1.71 bits per heavy atom. The van der Waals surface area contributed by atoms with Crippen LogP contribution in [0.5, 0.6) is 11.5 Å². The fraction of sp³-hybridized carbons (Fsp3) is 0.200. The molecule has 0 aliphatic carbocycles. The molecule has 3 aromatic carbocycles. The summed E-state index contributed by atoms with van der Waals surface area (Å²) >= 11 is 0. The number of nitrogens with zero attached hydrogens (tertiary/aromatic N) is 1. The minimum absolute atomic E-state index is 0.0451. The van der Waals surface area contributed by atoms with E-state index in [1.165, 1.54) is 17.0 Å². The van der Waals surface area contributed by atoms with Crippen LogP contribution in [0.4, 0.5) is 18.0 Å². The van der Waals surface area contributed by atoms with Crippen LogP contribution in [0.2, 0.25) is 0 Å². The van der Waals surface area contributed by atoms with Gasteiger partial charge in [-0.2, -0.15) is 0 Å². The smallest absolute Gasteiger partial charge is 0.481 e. The Morgan fingerprint density at radius 1 is 0.971 bits per heavy atom. The third-order valence-corrected chi connectivity index (χ3v) is 5.17. The highest BCUT2D eigenvalue weighted by molar-refractivity contribution is 5.73. The molecule has 7 nitrogen and oxygen atoms in total. The monoisotopic (exact) mass is 487 g/mol. The maximum atomic E-state index is 12.6. The molecule has 0 saturated heterocycles. The van der Waals surface area contributed by atoms with Crippen LogP contribution in [0.3, 0.4) is 0 Å². The van der Waals surface area contributed by atoms with Gasteiger partial charge < -0.3 is 19.3 Å². The molecule has 10 heteroatoms. The number of rotatable bonds is 6. The second-order valence-corrected chi connectivity index (χ2v) is 7.81. The molecule has 1 aliphatic heterocycles. The summed E-state index contributed by atoms with van der Waals surface area (Å²) in [5, 5.41) is 9.03. The summed E-state index contributed by atoms with van der Waals surface area (Å²) in [6.45, 7) is -0.0851. The van der Waals surface area contributed by atoms with Crippen molar-refractivity contribution in [3.63, 3.8) is 0 Å². The van der Waals surface area contributed by atoms with Gasteiger partial charge in [-0.25, -0.2) is 4.79 Å². The maximum Gasteiger partial charge on any atom is 0.573 e. The second-order valence-electron chi connectivity index (χ2n) is 7.81. The number of amides is 1. The molecule has 0 spiro atoms. The van der Waals surface area contributed by atoms with Crippen molar-refractivity contribution in [3.8, 4) is 22.6 Å². The molecule has 0 atom stereocenters. The van der Waals surface area contributed by atoms with E-state index in [1.807, 2.05) is 18.2 Å². The van der Waals surface area contributed by atoms with Gasteiger partial charge in [0.25, 0.3) is 0 Å². The van der Waals surface area contributed by atoms with Crippen LogP contribution in [0, 0.1) is 0 Å². The van der Waals surface area contributed by atoms with Crippen molar-refractivity contribution in [2.75, 3.05) is 6.73 Å². The molecule has 0 radical (unpaired) electrons. The Balaban J connectivity index is 1.41. The summed E-state index contributed by atoms with van der Waals surface area (Å²) in [5.74, 6) is -0.715. The molecule has 0 unspecified atom stereocenters. The molecule has 182 valence electrons. The SMILES string of the molecule is O=C(O)Cc1cccc(-c2ccc3c(c2)CN(C(=O)OCc2cccc(OC(F)(F)F)c2)CO3)c1. The number of carbonyl (C=O) groups is 2. The van der Waals surface area contributed by atoms with Gasteiger partial charge >= 0.3 is 18.4 Å². The molecule has 0 aromatic heterocycles. The molecule has 1 N–H and O–H groups in total. The molecule has 0 saturated carbocycles. The van der Waals surface area contributed by atoms with Gasteiger partial charge in [-0.1, -0.05) is 42.5 Å². The molecule has 0 fully saturated rings. The zero-order valence-electron chi connectivity index (χ0n) is 18.2. The molecule has 1 heterocycles. The van der Waals surface area contributed by atoms with Gasteiger partial charge in [-0.15, -0.1) is 13.2 Å². The summed E-state index contributed by atoms with van der Waals surface area (Å²) in [4.78, 5) is 24.9. The van der Waals surface area contributed by atoms with Crippen molar-refractivity contribution in [2.24, 2.45) is 0 Å². The Labute approximate surface area is 198 Å². The largest absolute Gasteiger partial charge is 0.573 e. The first kappa shape index (κ1) is 23.9. The average molecular weight is 487 g/mol. The van der Waals surface area contributed by atoms with Gasteiger partial charge in [0.15, 0.2) is 6.73 Å². The number of carboxylic acids is 1. The first-order chi connectivity index (χ1) is 16.7. The van der Waals surface area contributed by atoms with Gasteiger partial charge in [0.1, 0.15) is 18.1 Å². The van der Waals surface area contributed by atoms with Gasteiger partial charge in [0, 0.05) is 5.56 Å². The topological polar surface area (TPSA) is 85.3 Å². The molecule has 35 heavy (non-hydrogen) atoms. The number of alkyl halides is 3. The van der Waals surface area contributed by atoms with E-state index in [2.05, 4.69) is 4.74 Å². The number of fused-ring (bicyclic) bond motifs is 1. The van der Waals surface area contributed by atoms with Crippen LogP contribution in [-0.4, -0.2) is 35.2 Å². The number of halogens is 3. The summed E-state index contributed by atoms with van der Waals surface area (Å²) in [6.07, 6.45) is -5.59. The normalized spacial score (nSPS) is 12.9. The Morgan fingerprint density at radius 3 is 2.49 bits per heavy atom. The predicted octanol–water partition coefficient (Wildman–Crippen LogP) is 5.37. The fourth-order valence-corrected chi connectivity index (χ4v) is 3.64. The van der Waals surface area contributed by atoms with Crippen molar-refractivity contribution in [1.82, 2.24) is 4.90 Å². The first-order valence-electron chi connectivity index (χ1n) is 10.5.